The maximum absolute atomic E-state index is 12.0. The minimum Gasteiger partial charge on any atom is -0.459 e. The molecule has 0 aliphatic carbocycles. The van der Waals surface area contributed by atoms with Crippen molar-refractivity contribution in [3.63, 3.8) is 0 Å². The van der Waals surface area contributed by atoms with Gasteiger partial charge in [0.1, 0.15) is 0 Å². The van der Waals surface area contributed by atoms with E-state index >= 15 is 0 Å². The summed E-state index contributed by atoms with van der Waals surface area (Å²) < 4.78 is 5.23. The third-order valence-corrected chi connectivity index (χ3v) is 4.40. The van der Waals surface area contributed by atoms with E-state index in [-0.39, 0.29) is 12.1 Å². The maximum Gasteiger partial charge on any atom is 0.338 e. The van der Waals surface area contributed by atoms with E-state index in [1.807, 2.05) is 32.9 Å². The number of nitrogens with zero attached hydrogens (tertiary/aromatic N) is 1. The SMILES string of the molecule is Cc1cc2cc(-c3ccc(C(=O)OC(C)C)cc3)nc(C)c2cc1C. The predicted octanol–water partition coefficient (Wildman–Crippen LogP) is 5.39. The highest BCUT2D eigenvalue weighted by atomic mass is 16.5. The topological polar surface area (TPSA) is 39.2 Å². The Labute approximate surface area is 148 Å². The molecule has 25 heavy (non-hydrogen) atoms. The quantitative estimate of drug-likeness (QED) is 0.603. The number of rotatable bonds is 3. The van der Waals surface area contributed by atoms with Crippen LogP contribution in [0.4, 0.5) is 0 Å². The number of carbonyl (C=O) groups is 1. The fourth-order valence-corrected chi connectivity index (χ4v) is 2.90. The highest BCUT2D eigenvalue weighted by molar-refractivity contribution is 5.91. The first-order chi connectivity index (χ1) is 11.8. The van der Waals surface area contributed by atoms with Gasteiger partial charge in [0.05, 0.1) is 17.4 Å². The molecule has 0 fully saturated rings. The molecule has 0 saturated carbocycles. The molecule has 0 bridgehead atoms. The Kier molecular flexibility index (Phi) is 4.58. The van der Waals surface area contributed by atoms with Crippen molar-refractivity contribution in [1.82, 2.24) is 4.98 Å². The molecule has 0 saturated heterocycles. The number of aryl methyl sites for hydroxylation is 3. The number of fused-ring (bicyclic) bond motifs is 1. The Morgan fingerprint density at radius 3 is 2.24 bits per heavy atom. The van der Waals surface area contributed by atoms with Crippen LogP contribution < -0.4 is 0 Å². The van der Waals surface area contributed by atoms with Crippen molar-refractivity contribution in [2.45, 2.75) is 40.7 Å². The largest absolute Gasteiger partial charge is 0.459 e. The molecule has 3 heteroatoms. The molecule has 1 aromatic heterocycles. The number of ether oxygens (including phenoxy) is 1. The molecule has 0 aliphatic heterocycles. The van der Waals surface area contributed by atoms with Crippen LogP contribution in [-0.4, -0.2) is 17.1 Å². The van der Waals surface area contributed by atoms with Gasteiger partial charge in [-0.1, -0.05) is 18.2 Å². The Bertz CT molecular complexity index is 940. The monoisotopic (exact) mass is 333 g/mol. The van der Waals surface area contributed by atoms with Crippen molar-refractivity contribution in [1.29, 1.82) is 0 Å². The molecule has 3 rings (SSSR count). The molecule has 0 unspecified atom stereocenters. The number of hydrogen-bond acceptors (Lipinski definition) is 3. The van der Waals surface area contributed by atoms with E-state index in [1.54, 1.807) is 12.1 Å². The molecular formula is C22H23NO2. The molecular weight excluding hydrogens is 310 g/mol. The van der Waals surface area contributed by atoms with Gasteiger partial charge in [0.15, 0.2) is 0 Å². The minimum atomic E-state index is -0.296. The van der Waals surface area contributed by atoms with Gasteiger partial charge in [0, 0.05) is 16.6 Å². The molecule has 3 aromatic rings. The standard InChI is InChI=1S/C22H23NO2/c1-13(2)25-22(24)18-8-6-17(7-9-18)21-12-19-10-14(3)15(4)11-20(19)16(5)23-21/h6-13H,1-5H3. The van der Waals surface area contributed by atoms with Gasteiger partial charge in [0.25, 0.3) is 0 Å². The van der Waals surface area contributed by atoms with Crippen LogP contribution in [0.5, 0.6) is 0 Å². The van der Waals surface area contributed by atoms with E-state index in [4.69, 9.17) is 9.72 Å². The fourth-order valence-electron chi connectivity index (χ4n) is 2.90. The summed E-state index contributed by atoms with van der Waals surface area (Å²) in [4.78, 5) is 16.7. The van der Waals surface area contributed by atoms with Crippen LogP contribution in [0.2, 0.25) is 0 Å². The summed E-state index contributed by atoms with van der Waals surface area (Å²) in [5.41, 5.74) is 6.02. The van der Waals surface area contributed by atoms with E-state index in [2.05, 4.69) is 32.0 Å². The van der Waals surface area contributed by atoms with Crippen LogP contribution in [0.3, 0.4) is 0 Å². The summed E-state index contributed by atoms with van der Waals surface area (Å²) in [6, 6.07) is 13.9. The van der Waals surface area contributed by atoms with Gasteiger partial charge in [-0.3, -0.25) is 4.98 Å². The lowest BCUT2D eigenvalue weighted by molar-refractivity contribution is 0.0378. The van der Waals surface area contributed by atoms with E-state index < -0.39 is 0 Å². The van der Waals surface area contributed by atoms with E-state index in [0.29, 0.717) is 5.56 Å². The molecule has 128 valence electrons. The smallest absolute Gasteiger partial charge is 0.338 e. The van der Waals surface area contributed by atoms with Gasteiger partial charge in [-0.15, -0.1) is 0 Å². The van der Waals surface area contributed by atoms with Crippen molar-refractivity contribution in [2.75, 3.05) is 0 Å². The van der Waals surface area contributed by atoms with Crippen molar-refractivity contribution in [2.24, 2.45) is 0 Å². The van der Waals surface area contributed by atoms with Crippen molar-refractivity contribution < 1.29 is 9.53 Å². The first kappa shape index (κ1) is 17.2. The third-order valence-electron chi connectivity index (χ3n) is 4.40. The molecule has 0 amide bonds. The number of esters is 1. The predicted molar refractivity (Wildman–Crippen MR) is 102 cm³/mol. The lowest BCUT2D eigenvalue weighted by Crippen LogP contribution is -2.11. The van der Waals surface area contributed by atoms with Gasteiger partial charge in [-0.05, 0) is 75.4 Å². The molecule has 0 radical (unpaired) electrons. The molecule has 0 atom stereocenters. The molecule has 1 heterocycles. The molecule has 3 nitrogen and oxygen atoms in total. The van der Waals surface area contributed by atoms with Crippen LogP contribution in [-0.2, 0) is 4.74 Å². The first-order valence-corrected chi connectivity index (χ1v) is 8.55. The van der Waals surface area contributed by atoms with Gasteiger partial charge in [0.2, 0.25) is 0 Å². The van der Waals surface area contributed by atoms with Gasteiger partial charge < -0.3 is 4.74 Å². The zero-order valence-electron chi connectivity index (χ0n) is 15.4. The van der Waals surface area contributed by atoms with Crippen LogP contribution in [0.1, 0.15) is 41.0 Å². The Hall–Kier alpha value is -2.68. The highest BCUT2D eigenvalue weighted by Crippen LogP contribution is 2.27. The lowest BCUT2D eigenvalue weighted by Gasteiger charge is -2.11. The number of carbonyl (C=O) groups excluding carboxylic acids is 1. The molecule has 0 aliphatic rings. The van der Waals surface area contributed by atoms with Crippen LogP contribution in [0, 0.1) is 20.8 Å². The Morgan fingerprint density at radius 1 is 0.960 bits per heavy atom. The van der Waals surface area contributed by atoms with Gasteiger partial charge >= 0.3 is 5.97 Å². The third kappa shape index (κ3) is 3.55. The summed E-state index contributed by atoms with van der Waals surface area (Å²) in [5, 5.41) is 2.37. The maximum atomic E-state index is 12.0. The number of aromatic nitrogens is 1. The lowest BCUT2D eigenvalue weighted by atomic mass is 10.00. The van der Waals surface area contributed by atoms with E-state index in [0.717, 1.165) is 17.0 Å². The second-order valence-corrected chi connectivity index (χ2v) is 6.78. The summed E-state index contributed by atoms with van der Waals surface area (Å²) in [6.45, 7) is 9.97. The normalized spacial score (nSPS) is 11.1. The average Bonchev–Trinajstić information content (AvgIpc) is 2.56. The van der Waals surface area contributed by atoms with Gasteiger partial charge in [-0.25, -0.2) is 4.79 Å². The van der Waals surface area contributed by atoms with Crippen LogP contribution in [0.25, 0.3) is 22.0 Å². The molecule has 0 spiro atoms. The number of benzene rings is 2. The highest BCUT2D eigenvalue weighted by Gasteiger charge is 2.11. The number of pyridine rings is 1. The average molecular weight is 333 g/mol. The van der Waals surface area contributed by atoms with Crippen molar-refractivity contribution in [3.8, 4) is 11.3 Å². The summed E-state index contributed by atoms with van der Waals surface area (Å²) in [6.07, 6.45) is -0.122. The van der Waals surface area contributed by atoms with Crippen molar-refractivity contribution in [3.05, 3.63) is 64.8 Å². The molecule has 2 aromatic carbocycles. The van der Waals surface area contributed by atoms with Gasteiger partial charge in [-0.2, -0.15) is 0 Å². The number of hydrogen-bond donors (Lipinski definition) is 0. The summed E-state index contributed by atoms with van der Waals surface area (Å²) >= 11 is 0. The Morgan fingerprint density at radius 2 is 1.60 bits per heavy atom. The van der Waals surface area contributed by atoms with E-state index in [9.17, 15) is 4.79 Å². The van der Waals surface area contributed by atoms with Crippen LogP contribution >= 0.6 is 0 Å². The zero-order valence-corrected chi connectivity index (χ0v) is 15.4. The first-order valence-electron chi connectivity index (χ1n) is 8.55. The molecule has 0 N–H and O–H groups in total. The minimum absolute atomic E-state index is 0.122. The van der Waals surface area contributed by atoms with Crippen LogP contribution in [0.15, 0.2) is 42.5 Å². The second kappa shape index (κ2) is 6.67. The zero-order chi connectivity index (χ0) is 18.1. The fraction of sp³-hybridized carbons (Fsp3) is 0.273. The Balaban J connectivity index is 1.99. The van der Waals surface area contributed by atoms with E-state index in [1.165, 1.54) is 21.9 Å². The summed E-state index contributed by atoms with van der Waals surface area (Å²) in [5.74, 6) is -0.296. The summed E-state index contributed by atoms with van der Waals surface area (Å²) in [7, 11) is 0. The van der Waals surface area contributed by atoms with Crippen molar-refractivity contribution >= 4 is 16.7 Å². The second-order valence-electron chi connectivity index (χ2n) is 6.78.